The van der Waals surface area contributed by atoms with E-state index in [9.17, 15) is 0 Å². The summed E-state index contributed by atoms with van der Waals surface area (Å²) in [5.74, 6) is 0. The van der Waals surface area contributed by atoms with E-state index in [1.807, 2.05) is 0 Å². The van der Waals surface area contributed by atoms with E-state index in [1.165, 1.54) is 38.5 Å². The topological polar surface area (TPSA) is 41.3 Å². The lowest BCUT2D eigenvalue weighted by Gasteiger charge is -2.55. The van der Waals surface area contributed by atoms with Crippen molar-refractivity contribution in [3.05, 3.63) is 0 Å². The zero-order valence-electron chi connectivity index (χ0n) is 15.1. The van der Waals surface area contributed by atoms with Crippen LogP contribution < -0.4 is 11.2 Å². The van der Waals surface area contributed by atoms with Crippen LogP contribution in [0.3, 0.4) is 0 Å². The number of nitrogens with two attached hydrogens (primary N) is 1. The highest BCUT2D eigenvalue weighted by Gasteiger charge is 2.48. The molecular formula is C18H37N3. The van der Waals surface area contributed by atoms with Crippen LogP contribution in [-0.2, 0) is 0 Å². The van der Waals surface area contributed by atoms with E-state index < -0.39 is 0 Å². The minimum absolute atomic E-state index is 0.0606. The van der Waals surface area contributed by atoms with Gasteiger partial charge in [-0.1, -0.05) is 34.1 Å². The highest BCUT2D eigenvalue weighted by molar-refractivity contribution is 5.03. The third kappa shape index (κ3) is 4.00. The van der Waals surface area contributed by atoms with Crippen molar-refractivity contribution >= 4 is 0 Å². The molecule has 3 nitrogen and oxygen atoms in total. The first-order chi connectivity index (χ1) is 9.58. The van der Waals surface area contributed by atoms with Gasteiger partial charge in [-0.3, -0.25) is 0 Å². The van der Waals surface area contributed by atoms with E-state index in [-0.39, 0.29) is 5.54 Å². The van der Waals surface area contributed by atoms with Gasteiger partial charge >= 0.3 is 0 Å². The Bertz CT molecular complexity index is 335. The molecule has 1 aliphatic heterocycles. The molecule has 0 aromatic heterocycles. The van der Waals surface area contributed by atoms with Crippen LogP contribution in [0.4, 0.5) is 0 Å². The predicted octanol–water partition coefficient (Wildman–Crippen LogP) is 3.69. The van der Waals surface area contributed by atoms with Crippen molar-refractivity contribution in [3.63, 3.8) is 0 Å². The van der Waals surface area contributed by atoms with Gasteiger partial charge in [0.05, 0.1) is 0 Å². The van der Waals surface area contributed by atoms with Crippen LogP contribution in [0.5, 0.6) is 0 Å². The van der Waals surface area contributed by atoms with Gasteiger partial charge in [0.25, 0.3) is 0 Å². The Labute approximate surface area is 132 Å². The second-order valence-corrected chi connectivity index (χ2v) is 9.49. The van der Waals surface area contributed by atoms with E-state index in [2.05, 4.69) is 52.0 Å². The molecule has 2 fully saturated rings. The Balaban J connectivity index is 2.20. The Morgan fingerprint density at radius 1 is 0.952 bits per heavy atom. The summed E-state index contributed by atoms with van der Waals surface area (Å²) < 4.78 is 0. The molecule has 3 heteroatoms. The molecule has 21 heavy (non-hydrogen) atoms. The van der Waals surface area contributed by atoms with Crippen molar-refractivity contribution in [2.45, 2.75) is 97.7 Å². The molecule has 2 aliphatic rings. The molecular weight excluding hydrogens is 258 g/mol. The van der Waals surface area contributed by atoms with Crippen molar-refractivity contribution in [1.29, 1.82) is 0 Å². The fraction of sp³-hybridized carbons (Fsp3) is 1.00. The van der Waals surface area contributed by atoms with E-state index in [0.29, 0.717) is 22.9 Å². The molecule has 0 aromatic carbocycles. The van der Waals surface area contributed by atoms with E-state index in [0.717, 1.165) is 6.54 Å². The van der Waals surface area contributed by atoms with Gasteiger partial charge in [0.1, 0.15) is 0 Å². The second-order valence-electron chi connectivity index (χ2n) is 9.49. The summed E-state index contributed by atoms with van der Waals surface area (Å²) >= 11 is 0. The number of hydrogen-bond acceptors (Lipinski definition) is 3. The minimum Gasteiger partial charge on any atom is -0.329 e. The summed E-state index contributed by atoms with van der Waals surface area (Å²) in [5, 5.41) is 2.52. The van der Waals surface area contributed by atoms with Gasteiger partial charge in [0.15, 0.2) is 0 Å². The maximum Gasteiger partial charge on any atom is 0.0458 e. The van der Waals surface area contributed by atoms with Crippen molar-refractivity contribution in [2.75, 3.05) is 6.54 Å². The Morgan fingerprint density at radius 3 is 1.86 bits per heavy atom. The molecule has 1 saturated carbocycles. The van der Waals surface area contributed by atoms with Gasteiger partial charge in [-0.05, 0) is 56.8 Å². The van der Waals surface area contributed by atoms with Gasteiger partial charge in [-0.25, -0.2) is 10.4 Å². The largest absolute Gasteiger partial charge is 0.329 e. The first-order valence-electron chi connectivity index (χ1n) is 8.84. The molecule has 3 N–H and O–H groups in total. The maximum atomic E-state index is 6.30. The summed E-state index contributed by atoms with van der Waals surface area (Å²) in [4.78, 5) is 0. The summed E-state index contributed by atoms with van der Waals surface area (Å²) in [6.45, 7) is 15.1. The third-order valence-corrected chi connectivity index (χ3v) is 5.54. The van der Waals surface area contributed by atoms with Crippen LogP contribution in [-0.4, -0.2) is 29.2 Å². The molecule has 0 radical (unpaired) electrons. The van der Waals surface area contributed by atoms with Gasteiger partial charge in [-0.15, -0.1) is 0 Å². The van der Waals surface area contributed by atoms with E-state index in [4.69, 9.17) is 5.73 Å². The fourth-order valence-electron chi connectivity index (χ4n) is 5.50. The standard InChI is InChI=1S/C18H37N3/c1-14-8-7-9-15(2)21(14)20-18(13-19)11-16(3,4)10-17(5,6)12-18/h14-15,20H,7-13,19H2,1-6H3. The number of hydrogen-bond donors (Lipinski definition) is 2. The molecule has 124 valence electrons. The second kappa shape index (κ2) is 5.82. The average molecular weight is 296 g/mol. The zero-order valence-corrected chi connectivity index (χ0v) is 15.1. The lowest BCUT2D eigenvalue weighted by atomic mass is 9.58. The maximum absolute atomic E-state index is 6.30. The van der Waals surface area contributed by atoms with Crippen molar-refractivity contribution in [1.82, 2.24) is 10.4 Å². The quantitative estimate of drug-likeness (QED) is 0.834. The van der Waals surface area contributed by atoms with Crippen LogP contribution >= 0.6 is 0 Å². The predicted molar refractivity (Wildman–Crippen MR) is 90.9 cm³/mol. The van der Waals surface area contributed by atoms with Gasteiger partial charge in [0.2, 0.25) is 0 Å². The first kappa shape index (κ1) is 17.2. The van der Waals surface area contributed by atoms with Crippen molar-refractivity contribution < 1.29 is 0 Å². The monoisotopic (exact) mass is 295 g/mol. The molecule has 0 spiro atoms. The minimum atomic E-state index is 0.0606. The van der Waals surface area contributed by atoms with Crippen molar-refractivity contribution in [2.24, 2.45) is 16.6 Å². The van der Waals surface area contributed by atoms with Gasteiger partial charge < -0.3 is 5.73 Å². The van der Waals surface area contributed by atoms with Crippen LogP contribution in [0.2, 0.25) is 0 Å². The van der Waals surface area contributed by atoms with Gasteiger partial charge in [-0.2, -0.15) is 0 Å². The normalized spacial score (nSPS) is 35.6. The van der Waals surface area contributed by atoms with E-state index >= 15 is 0 Å². The highest BCUT2D eigenvalue weighted by Crippen LogP contribution is 2.50. The molecule has 1 aliphatic carbocycles. The molecule has 0 bridgehead atoms. The Kier molecular flexibility index (Phi) is 4.78. The molecule has 2 unspecified atom stereocenters. The summed E-state index contributed by atoms with van der Waals surface area (Å²) in [6, 6.07) is 1.23. The molecule has 1 saturated heterocycles. The lowest BCUT2D eigenvalue weighted by molar-refractivity contribution is -0.0545. The average Bonchev–Trinajstić information content (AvgIpc) is 2.30. The van der Waals surface area contributed by atoms with Crippen LogP contribution in [0, 0.1) is 10.8 Å². The van der Waals surface area contributed by atoms with E-state index in [1.54, 1.807) is 0 Å². The van der Waals surface area contributed by atoms with Crippen LogP contribution in [0.25, 0.3) is 0 Å². The molecule has 1 heterocycles. The molecule has 0 amide bonds. The molecule has 2 rings (SSSR count). The summed E-state index contributed by atoms with van der Waals surface area (Å²) in [5.41, 5.74) is 11.0. The Morgan fingerprint density at radius 2 is 1.43 bits per heavy atom. The van der Waals surface area contributed by atoms with Crippen molar-refractivity contribution in [3.8, 4) is 0 Å². The van der Waals surface area contributed by atoms with Gasteiger partial charge in [0, 0.05) is 24.2 Å². The number of nitrogens with zero attached hydrogens (tertiary/aromatic N) is 1. The summed E-state index contributed by atoms with van der Waals surface area (Å²) in [7, 11) is 0. The highest BCUT2D eigenvalue weighted by atomic mass is 15.6. The fourth-order valence-corrected chi connectivity index (χ4v) is 5.50. The Hall–Kier alpha value is -0.120. The number of nitrogens with one attached hydrogen (secondary N) is 1. The number of hydrazine groups is 1. The number of piperidine rings is 1. The molecule has 0 aromatic rings. The third-order valence-electron chi connectivity index (χ3n) is 5.54. The first-order valence-corrected chi connectivity index (χ1v) is 8.84. The smallest absolute Gasteiger partial charge is 0.0458 e. The number of rotatable bonds is 3. The zero-order chi connectivity index (χ0) is 15.9. The SMILES string of the molecule is CC1CCCC(C)N1NC1(CN)CC(C)(C)CC(C)(C)C1. The van der Waals surface area contributed by atoms with Crippen LogP contribution in [0.1, 0.15) is 80.1 Å². The lowest BCUT2D eigenvalue weighted by Crippen LogP contribution is -2.67. The molecule has 2 atom stereocenters. The van der Waals surface area contributed by atoms with Crippen LogP contribution in [0.15, 0.2) is 0 Å². The summed E-state index contributed by atoms with van der Waals surface area (Å²) in [6.07, 6.45) is 7.59.